The monoisotopic (exact) mass is 522 g/mol. The predicted molar refractivity (Wildman–Crippen MR) is 166 cm³/mol. The summed E-state index contributed by atoms with van der Waals surface area (Å²) in [5.41, 5.74) is 8.56. The molecule has 2 unspecified atom stereocenters. The minimum absolute atomic E-state index is 0.129. The Morgan fingerprint density at radius 3 is 2.26 bits per heavy atom. The van der Waals surface area contributed by atoms with Crippen LogP contribution in [0, 0.1) is 0 Å². The van der Waals surface area contributed by atoms with E-state index in [4.69, 9.17) is 4.74 Å². The smallest absolute Gasteiger partial charge is 0.212 e. The molecule has 4 nitrogen and oxygen atoms in total. The molecule has 0 aliphatic carbocycles. The first-order valence-electron chi connectivity index (χ1n) is 14.6. The molecule has 0 saturated heterocycles. The minimum Gasteiger partial charge on any atom is -0.463 e. The van der Waals surface area contributed by atoms with Crippen LogP contribution >= 0.6 is 0 Å². The van der Waals surface area contributed by atoms with Gasteiger partial charge in [0, 0.05) is 59.7 Å². The second-order valence-electron chi connectivity index (χ2n) is 13.1. The summed E-state index contributed by atoms with van der Waals surface area (Å²) in [7, 11) is 4.62. The highest BCUT2D eigenvalue weighted by Gasteiger charge is 2.59. The molecule has 0 saturated carbocycles. The molecule has 6 rings (SSSR count). The van der Waals surface area contributed by atoms with Gasteiger partial charge in [0.1, 0.15) is 18.0 Å². The molecule has 3 heterocycles. The van der Waals surface area contributed by atoms with Crippen LogP contribution in [0.2, 0.25) is 0 Å². The third-order valence-electron chi connectivity index (χ3n) is 9.89. The first-order valence-corrected chi connectivity index (χ1v) is 14.6. The Labute approximate surface area is 235 Å². The van der Waals surface area contributed by atoms with E-state index in [2.05, 4.69) is 138 Å². The van der Waals surface area contributed by atoms with Crippen molar-refractivity contribution in [1.82, 2.24) is 4.48 Å². The van der Waals surface area contributed by atoms with Gasteiger partial charge in [-0.3, -0.25) is 4.48 Å². The van der Waals surface area contributed by atoms with E-state index in [1.807, 2.05) is 0 Å². The van der Waals surface area contributed by atoms with Gasteiger partial charge in [-0.1, -0.05) is 50.2 Å². The van der Waals surface area contributed by atoms with Crippen molar-refractivity contribution in [1.29, 1.82) is 0 Å². The van der Waals surface area contributed by atoms with Crippen LogP contribution in [0.4, 0.5) is 17.1 Å². The Morgan fingerprint density at radius 2 is 1.56 bits per heavy atom. The van der Waals surface area contributed by atoms with Crippen LogP contribution in [-0.4, -0.2) is 46.0 Å². The average molecular weight is 523 g/mol. The number of fused-ring (bicyclic) bond motifs is 3. The third-order valence-corrected chi connectivity index (χ3v) is 9.89. The molecule has 0 bridgehead atoms. The maximum Gasteiger partial charge on any atom is 0.212 e. The Balaban J connectivity index is 1.54. The van der Waals surface area contributed by atoms with E-state index in [1.54, 1.807) is 0 Å². The second kappa shape index (κ2) is 8.63. The first-order chi connectivity index (χ1) is 18.5. The summed E-state index contributed by atoms with van der Waals surface area (Å²) >= 11 is 0. The van der Waals surface area contributed by atoms with Crippen molar-refractivity contribution < 1.29 is 4.74 Å². The van der Waals surface area contributed by atoms with Gasteiger partial charge in [0.25, 0.3) is 0 Å². The van der Waals surface area contributed by atoms with Crippen molar-refractivity contribution in [2.24, 2.45) is 0 Å². The molecule has 0 radical (unpaired) electrons. The lowest BCUT2D eigenvalue weighted by atomic mass is 9.75. The summed E-state index contributed by atoms with van der Waals surface area (Å²) in [6.45, 7) is 17.8. The van der Waals surface area contributed by atoms with Crippen molar-refractivity contribution in [2.45, 2.75) is 58.1 Å². The zero-order valence-corrected chi connectivity index (χ0v) is 25.0. The van der Waals surface area contributed by atoms with Crippen LogP contribution in [0.3, 0.4) is 0 Å². The van der Waals surface area contributed by atoms with Gasteiger partial charge in [0.15, 0.2) is 0 Å². The number of ether oxygens (including phenoxy) is 1. The number of likely N-dealkylation sites (N-methyl/N-ethyl adjacent to an activating group) is 2. The van der Waals surface area contributed by atoms with Gasteiger partial charge >= 0.3 is 0 Å². The van der Waals surface area contributed by atoms with Crippen LogP contribution in [-0.2, 0) is 10.8 Å². The standard InChI is InChI=1S/C35H44N3O/c1-9-37(10-2)26-19-20-27-25(23-38(8)24-33(3,4)29-16-12-14-18-31(29)38)22-35(39-32(27)21-26)34(5,6)28-15-11-13-17-30(28)36(35)7/h11-22H,9-10,23-24H2,1-8H3/q+1. The molecule has 3 aliphatic heterocycles. The molecule has 0 fully saturated rings. The molecule has 3 aliphatic rings. The largest absolute Gasteiger partial charge is 0.463 e. The minimum atomic E-state index is -0.616. The van der Waals surface area contributed by atoms with Gasteiger partial charge in [0.05, 0.1) is 19.0 Å². The Morgan fingerprint density at radius 1 is 0.897 bits per heavy atom. The van der Waals surface area contributed by atoms with Crippen LogP contribution in [0.15, 0.2) is 72.8 Å². The van der Waals surface area contributed by atoms with E-state index in [-0.39, 0.29) is 10.8 Å². The maximum atomic E-state index is 7.22. The summed E-state index contributed by atoms with van der Waals surface area (Å²) in [5, 5.41) is 0. The van der Waals surface area contributed by atoms with Crippen molar-refractivity contribution in [3.63, 3.8) is 0 Å². The molecule has 0 N–H and O–H groups in total. The highest BCUT2D eigenvalue weighted by molar-refractivity contribution is 5.82. The van der Waals surface area contributed by atoms with E-state index in [1.165, 1.54) is 39.3 Å². The summed E-state index contributed by atoms with van der Waals surface area (Å²) < 4.78 is 8.11. The quantitative estimate of drug-likeness (QED) is 0.326. The second-order valence-corrected chi connectivity index (χ2v) is 13.1. The molecule has 39 heavy (non-hydrogen) atoms. The van der Waals surface area contributed by atoms with E-state index < -0.39 is 5.72 Å². The number of hydrogen-bond donors (Lipinski definition) is 0. The van der Waals surface area contributed by atoms with E-state index in [0.717, 1.165) is 36.4 Å². The summed E-state index contributed by atoms with van der Waals surface area (Å²) in [6.07, 6.45) is 2.46. The summed E-state index contributed by atoms with van der Waals surface area (Å²) in [4.78, 5) is 4.77. The van der Waals surface area contributed by atoms with Gasteiger partial charge in [-0.25, -0.2) is 0 Å². The Bertz CT molecular complexity index is 1470. The predicted octanol–water partition coefficient (Wildman–Crippen LogP) is 7.36. The van der Waals surface area contributed by atoms with Crippen LogP contribution in [0.1, 0.15) is 58.2 Å². The van der Waals surface area contributed by atoms with Crippen LogP contribution in [0.25, 0.3) is 5.57 Å². The topological polar surface area (TPSA) is 15.7 Å². The number of benzene rings is 3. The molecular formula is C35H44N3O+. The number of anilines is 2. The Hall–Kier alpha value is -3.24. The lowest BCUT2D eigenvalue weighted by Gasteiger charge is -2.47. The van der Waals surface area contributed by atoms with E-state index >= 15 is 0 Å². The van der Waals surface area contributed by atoms with Crippen molar-refractivity contribution >= 4 is 22.6 Å². The molecule has 0 aromatic heterocycles. The van der Waals surface area contributed by atoms with Crippen LogP contribution in [0.5, 0.6) is 5.75 Å². The SMILES string of the molecule is CCN(CC)c1ccc2c(c1)OC1(C=C2C[N+]2(C)CC(C)(C)c3ccccc32)N(C)c2ccccc2C1(C)C. The number of quaternary nitrogens is 1. The number of rotatable bonds is 5. The summed E-state index contributed by atoms with van der Waals surface area (Å²) in [6, 6.07) is 24.7. The fourth-order valence-electron chi connectivity index (χ4n) is 7.92. The van der Waals surface area contributed by atoms with E-state index in [0.29, 0.717) is 0 Å². The maximum absolute atomic E-state index is 7.22. The molecular weight excluding hydrogens is 478 g/mol. The molecule has 1 spiro atoms. The number of nitrogens with zero attached hydrogens (tertiary/aromatic N) is 3. The molecule has 4 heteroatoms. The van der Waals surface area contributed by atoms with Crippen LogP contribution < -0.4 is 19.0 Å². The molecule has 0 amide bonds. The molecule has 2 atom stereocenters. The van der Waals surface area contributed by atoms with Gasteiger partial charge in [-0.05, 0) is 63.6 Å². The van der Waals surface area contributed by atoms with E-state index in [9.17, 15) is 0 Å². The molecule has 204 valence electrons. The first kappa shape index (κ1) is 26.0. The normalized spacial score (nSPS) is 25.5. The zero-order chi connectivity index (χ0) is 27.8. The van der Waals surface area contributed by atoms with Crippen molar-refractivity contribution in [2.75, 3.05) is 50.1 Å². The highest BCUT2D eigenvalue weighted by Crippen LogP contribution is 2.56. The van der Waals surface area contributed by atoms with Gasteiger partial charge in [-0.2, -0.15) is 0 Å². The highest BCUT2D eigenvalue weighted by atomic mass is 16.5. The molecule has 3 aromatic carbocycles. The fourth-order valence-corrected chi connectivity index (χ4v) is 7.92. The number of hydrogen-bond acceptors (Lipinski definition) is 3. The van der Waals surface area contributed by atoms with Gasteiger partial charge in [0.2, 0.25) is 5.72 Å². The zero-order valence-electron chi connectivity index (χ0n) is 25.0. The Kier molecular flexibility index (Phi) is 5.75. The third kappa shape index (κ3) is 3.60. The lowest BCUT2D eigenvalue weighted by Crippen LogP contribution is -2.59. The van der Waals surface area contributed by atoms with Crippen molar-refractivity contribution in [3.8, 4) is 5.75 Å². The van der Waals surface area contributed by atoms with Gasteiger partial charge in [-0.15, -0.1) is 0 Å². The fraction of sp³-hybridized carbons (Fsp3) is 0.429. The average Bonchev–Trinajstić information content (AvgIpc) is 3.21. The number of para-hydroxylation sites is 2. The van der Waals surface area contributed by atoms with Gasteiger partial charge < -0.3 is 14.5 Å². The lowest BCUT2D eigenvalue weighted by molar-refractivity contribution is 0.0570. The summed E-state index contributed by atoms with van der Waals surface area (Å²) in [5.74, 6) is 0.989. The van der Waals surface area contributed by atoms with Crippen molar-refractivity contribution in [3.05, 3.63) is 89.5 Å². The molecule has 3 aromatic rings.